The number of carbonyl (C=O) groups is 1. The molecule has 3 fully saturated rings. The number of aryl methyl sites for hydroxylation is 1. The Hall–Kier alpha value is -1.89. The highest BCUT2D eigenvalue weighted by Gasteiger charge is 2.41. The molecule has 2 saturated carbocycles. The van der Waals surface area contributed by atoms with Crippen molar-refractivity contribution in [1.82, 2.24) is 19.4 Å². The molecule has 5 rings (SSSR count). The fraction of sp³-hybridized carbons (Fsp3) is 0.632. The second kappa shape index (κ2) is 6.37. The lowest BCUT2D eigenvalue weighted by atomic mass is 9.87. The Kier molecular flexibility index (Phi) is 3.99. The standard InChI is InChI=1S/C19H25N5OS/c1-23-7-5-20-17(23)14-4-6-24(10-14)19(25)22-18-21-16(11-26-18)15-9-12-2-3-13(15)8-12/h5,7,11-15H,2-4,6,8-10H2,1H3,(H,21,22,25). The van der Waals surface area contributed by atoms with Crippen LogP contribution >= 0.6 is 11.3 Å². The smallest absolute Gasteiger partial charge is 0.323 e. The molecule has 1 aliphatic heterocycles. The van der Waals surface area contributed by atoms with E-state index in [1.54, 1.807) is 11.3 Å². The molecule has 3 heterocycles. The molecule has 4 unspecified atom stereocenters. The van der Waals surface area contributed by atoms with Gasteiger partial charge in [0.1, 0.15) is 5.82 Å². The number of fused-ring (bicyclic) bond motifs is 2. The molecule has 26 heavy (non-hydrogen) atoms. The third-order valence-electron chi connectivity index (χ3n) is 6.55. The zero-order valence-electron chi connectivity index (χ0n) is 15.1. The van der Waals surface area contributed by atoms with Crippen molar-refractivity contribution in [2.75, 3.05) is 18.4 Å². The van der Waals surface area contributed by atoms with Crippen LogP contribution in [0.3, 0.4) is 0 Å². The molecular formula is C19H25N5OS. The quantitative estimate of drug-likeness (QED) is 0.892. The second-order valence-corrected chi connectivity index (χ2v) is 8.98. The van der Waals surface area contributed by atoms with Gasteiger partial charge in [-0.05, 0) is 37.5 Å². The topological polar surface area (TPSA) is 63.1 Å². The minimum absolute atomic E-state index is 0.0319. The summed E-state index contributed by atoms with van der Waals surface area (Å²) >= 11 is 1.57. The van der Waals surface area contributed by atoms with E-state index in [0.717, 1.165) is 42.3 Å². The van der Waals surface area contributed by atoms with Gasteiger partial charge in [-0.15, -0.1) is 11.3 Å². The maximum atomic E-state index is 12.6. The monoisotopic (exact) mass is 371 g/mol. The first-order valence-electron chi connectivity index (χ1n) is 9.66. The number of likely N-dealkylation sites (tertiary alicyclic amines) is 1. The van der Waals surface area contributed by atoms with Crippen LogP contribution in [0.25, 0.3) is 0 Å². The fourth-order valence-electron chi connectivity index (χ4n) is 5.22. The third-order valence-corrected chi connectivity index (χ3v) is 7.33. The molecule has 2 aromatic rings. The minimum Gasteiger partial charge on any atom is -0.338 e. The fourth-order valence-corrected chi connectivity index (χ4v) is 5.98. The van der Waals surface area contributed by atoms with E-state index < -0.39 is 0 Å². The third kappa shape index (κ3) is 2.82. The first-order valence-corrected chi connectivity index (χ1v) is 10.5. The van der Waals surface area contributed by atoms with E-state index in [4.69, 9.17) is 4.98 Å². The van der Waals surface area contributed by atoms with Crippen molar-refractivity contribution in [2.45, 2.75) is 43.9 Å². The molecule has 0 spiro atoms. The first-order chi connectivity index (χ1) is 12.7. The molecule has 1 saturated heterocycles. The van der Waals surface area contributed by atoms with Crippen molar-refractivity contribution in [2.24, 2.45) is 18.9 Å². The lowest BCUT2D eigenvalue weighted by Crippen LogP contribution is -2.33. The number of amides is 2. The summed E-state index contributed by atoms with van der Waals surface area (Å²) in [7, 11) is 2.01. The normalized spacial score (nSPS) is 30.3. The summed E-state index contributed by atoms with van der Waals surface area (Å²) < 4.78 is 2.05. The average molecular weight is 372 g/mol. The van der Waals surface area contributed by atoms with Crippen LogP contribution in [0.4, 0.5) is 9.93 Å². The van der Waals surface area contributed by atoms with Gasteiger partial charge in [-0.3, -0.25) is 5.32 Å². The van der Waals surface area contributed by atoms with Crippen molar-refractivity contribution in [3.8, 4) is 0 Å². The van der Waals surface area contributed by atoms with Gasteiger partial charge in [0.15, 0.2) is 5.13 Å². The Morgan fingerprint density at radius 1 is 1.31 bits per heavy atom. The van der Waals surface area contributed by atoms with Gasteiger partial charge >= 0.3 is 6.03 Å². The first kappa shape index (κ1) is 16.3. The van der Waals surface area contributed by atoms with Gasteiger partial charge in [0.25, 0.3) is 0 Å². The number of rotatable bonds is 3. The summed E-state index contributed by atoms with van der Waals surface area (Å²) in [5.74, 6) is 3.74. The van der Waals surface area contributed by atoms with E-state index >= 15 is 0 Å². The molecule has 2 aromatic heterocycles. The molecule has 0 aromatic carbocycles. The zero-order chi connectivity index (χ0) is 17.7. The zero-order valence-corrected chi connectivity index (χ0v) is 15.9. The van der Waals surface area contributed by atoms with E-state index in [1.807, 2.05) is 24.3 Å². The summed E-state index contributed by atoms with van der Waals surface area (Å²) in [6.07, 6.45) is 10.2. The predicted molar refractivity (Wildman–Crippen MR) is 101 cm³/mol. The SMILES string of the molecule is Cn1ccnc1C1CCN(C(=O)Nc2nc(C3CC4CCC3C4)cs2)C1. The molecule has 0 radical (unpaired) electrons. The number of nitrogens with zero attached hydrogens (tertiary/aromatic N) is 4. The number of carbonyl (C=O) groups excluding carboxylic acids is 1. The molecule has 3 aliphatic rings. The summed E-state index contributed by atoms with van der Waals surface area (Å²) in [6, 6.07) is -0.0319. The number of hydrogen-bond donors (Lipinski definition) is 1. The molecule has 6 nitrogen and oxygen atoms in total. The van der Waals surface area contributed by atoms with Gasteiger partial charge in [-0.2, -0.15) is 0 Å². The number of urea groups is 1. The van der Waals surface area contributed by atoms with Crippen molar-refractivity contribution in [1.29, 1.82) is 0 Å². The second-order valence-electron chi connectivity index (χ2n) is 8.12. The van der Waals surface area contributed by atoms with Crippen molar-refractivity contribution < 1.29 is 4.79 Å². The molecular weight excluding hydrogens is 346 g/mol. The number of anilines is 1. The van der Waals surface area contributed by atoms with E-state index in [1.165, 1.54) is 31.4 Å². The van der Waals surface area contributed by atoms with Gasteiger partial charge in [0.2, 0.25) is 0 Å². The lowest BCUT2D eigenvalue weighted by molar-refractivity contribution is 0.222. The van der Waals surface area contributed by atoms with Crippen LogP contribution in [0, 0.1) is 11.8 Å². The highest BCUT2D eigenvalue weighted by atomic mass is 32.1. The largest absolute Gasteiger partial charge is 0.338 e. The lowest BCUT2D eigenvalue weighted by Gasteiger charge is -2.19. The van der Waals surface area contributed by atoms with Gasteiger partial charge in [-0.25, -0.2) is 14.8 Å². The van der Waals surface area contributed by atoms with Crippen molar-refractivity contribution in [3.63, 3.8) is 0 Å². The molecule has 2 amide bonds. The van der Waals surface area contributed by atoms with Crippen LogP contribution in [-0.4, -0.2) is 38.6 Å². The number of nitrogens with one attached hydrogen (secondary N) is 1. The van der Waals surface area contributed by atoms with Crippen LogP contribution in [0.2, 0.25) is 0 Å². The maximum Gasteiger partial charge on any atom is 0.323 e. The number of imidazole rings is 1. The Morgan fingerprint density at radius 2 is 2.23 bits per heavy atom. The van der Waals surface area contributed by atoms with Crippen molar-refractivity contribution in [3.05, 3.63) is 29.3 Å². The summed E-state index contributed by atoms with van der Waals surface area (Å²) in [5, 5.41) is 5.92. The summed E-state index contributed by atoms with van der Waals surface area (Å²) in [5.41, 5.74) is 1.20. The van der Waals surface area contributed by atoms with Gasteiger partial charge in [0, 0.05) is 49.7 Å². The van der Waals surface area contributed by atoms with Crippen LogP contribution in [0.15, 0.2) is 17.8 Å². The van der Waals surface area contributed by atoms with E-state index in [-0.39, 0.29) is 6.03 Å². The molecule has 2 aliphatic carbocycles. The molecule has 1 N–H and O–H groups in total. The number of thiazole rings is 1. The minimum atomic E-state index is -0.0319. The Morgan fingerprint density at radius 3 is 2.96 bits per heavy atom. The van der Waals surface area contributed by atoms with Gasteiger partial charge in [-0.1, -0.05) is 6.42 Å². The Balaban J connectivity index is 1.21. The van der Waals surface area contributed by atoms with E-state index in [2.05, 4.69) is 20.2 Å². The number of aromatic nitrogens is 3. The van der Waals surface area contributed by atoms with E-state index in [0.29, 0.717) is 11.8 Å². The highest BCUT2D eigenvalue weighted by molar-refractivity contribution is 7.13. The van der Waals surface area contributed by atoms with Crippen LogP contribution in [0.5, 0.6) is 0 Å². The molecule has 138 valence electrons. The molecule has 4 atom stereocenters. The average Bonchev–Trinajstić information content (AvgIpc) is 3.42. The molecule has 2 bridgehead atoms. The maximum absolute atomic E-state index is 12.6. The van der Waals surface area contributed by atoms with Gasteiger partial charge in [0.05, 0.1) is 5.69 Å². The van der Waals surface area contributed by atoms with Crippen LogP contribution in [0.1, 0.15) is 55.5 Å². The van der Waals surface area contributed by atoms with Crippen LogP contribution < -0.4 is 5.32 Å². The van der Waals surface area contributed by atoms with Crippen molar-refractivity contribution >= 4 is 22.5 Å². The Labute approximate surface area is 157 Å². The molecule has 7 heteroatoms. The van der Waals surface area contributed by atoms with Gasteiger partial charge < -0.3 is 9.47 Å². The summed E-state index contributed by atoms with van der Waals surface area (Å²) in [6.45, 7) is 1.50. The van der Waals surface area contributed by atoms with Crippen LogP contribution in [-0.2, 0) is 7.05 Å². The predicted octanol–water partition coefficient (Wildman–Crippen LogP) is 3.80. The summed E-state index contributed by atoms with van der Waals surface area (Å²) in [4.78, 5) is 23.7. The van der Waals surface area contributed by atoms with E-state index in [9.17, 15) is 4.79 Å². The Bertz CT molecular complexity index is 814. The number of hydrogen-bond acceptors (Lipinski definition) is 4. The highest BCUT2D eigenvalue weighted by Crippen LogP contribution is 2.53.